The molecule has 0 saturated heterocycles. The van der Waals surface area contributed by atoms with Gasteiger partial charge in [-0.15, -0.1) is 0 Å². The maximum atomic E-state index is 13.6. The molecule has 1 aliphatic heterocycles. The van der Waals surface area contributed by atoms with E-state index in [0.29, 0.717) is 53.7 Å². The largest absolute Gasteiger partial charge is 0.481 e. The summed E-state index contributed by atoms with van der Waals surface area (Å²) in [4.78, 5) is 12.6. The molecular weight excluding hydrogens is 474 g/mol. The molecule has 0 radical (unpaired) electrons. The number of hydrogen-bond donors (Lipinski definition) is 0. The third-order valence-electron chi connectivity index (χ3n) is 6.05. The first-order chi connectivity index (χ1) is 17.3. The van der Waals surface area contributed by atoms with Crippen LogP contribution in [0.15, 0.2) is 54.7 Å². The number of pyridine rings is 2. The summed E-state index contributed by atoms with van der Waals surface area (Å²) in [6.45, 7) is 0.587. The van der Waals surface area contributed by atoms with Crippen LogP contribution in [0.5, 0.6) is 5.88 Å². The van der Waals surface area contributed by atoms with Crippen LogP contribution in [0, 0.1) is 5.95 Å². The van der Waals surface area contributed by atoms with Gasteiger partial charge in [0.2, 0.25) is 11.8 Å². The number of ether oxygens (including phenoxy) is 1. The number of methoxy groups -OCH3 is 1. The van der Waals surface area contributed by atoms with E-state index in [0.717, 1.165) is 6.07 Å². The molecule has 0 saturated carbocycles. The second-order valence-corrected chi connectivity index (χ2v) is 8.32. The molecule has 5 rings (SSSR count). The van der Waals surface area contributed by atoms with Crippen LogP contribution < -0.4 is 4.74 Å². The van der Waals surface area contributed by atoms with E-state index in [1.54, 1.807) is 41.1 Å². The van der Waals surface area contributed by atoms with E-state index >= 15 is 0 Å². The fraction of sp³-hybridized carbons (Fsp3) is 0.231. The Balaban J connectivity index is 1.43. The predicted molar refractivity (Wildman–Crippen MR) is 125 cm³/mol. The molecule has 0 fully saturated rings. The van der Waals surface area contributed by atoms with Gasteiger partial charge in [0.25, 0.3) is 0 Å². The maximum Gasteiger partial charge on any atom is 0.416 e. The van der Waals surface area contributed by atoms with Gasteiger partial charge in [-0.1, -0.05) is 18.2 Å². The minimum Gasteiger partial charge on any atom is -0.481 e. The number of aryl methyl sites for hydroxylation is 1. The smallest absolute Gasteiger partial charge is 0.416 e. The average Bonchev–Trinajstić information content (AvgIpc) is 3.30. The first-order valence-corrected chi connectivity index (χ1v) is 11.3. The Bertz CT molecular complexity index is 1430. The minimum atomic E-state index is -4.44. The lowest BCUT2D eigenvalue weighted by Gasteiger charge is -2.25. The van der Waals surface area contributed by atoms with Gasteiger partial charge in [-0.25, -0.2) is 19.6 Å². The van der Waals surface area contributed by atoms with Crippen LogP contribution in [0.1, 0.15) is 47.2 Å². The lowest BCUT2D eigenvalue weighted by molar-refractivity contribution is -0.138. The summed E-state index contributed by atoms with van der Waals surface area (Å²) in [5.74, 6) is 0.0956. The second kappa shape index (κ2) is 9.52. The summed E-state index contributed by atoms with van der Waals surface area (Å²) in [7, 11) is 1.47. The van der Waals surface area contributed by atoms with Crippen molar-refractivity contribution in [1.29, 1.82) is 0 Å². The van der Waals surface area contributed by atoms with E-state index < -0.39 is 23.6 Å². The van der Waals surface area contributed by atoms with Crippen LogP contribution in [0.25, 0.3) is 23.3 Å². The van der Waals surface area contributed by atoms with Crippen LogP contribution in [-0.4, -0.2) is 31.8 Å². The van der Waals surface area contributed by atoms with Crippen molar-refractivity contribution in [3.63, 3.8) is 0 Å². The topological polar surface area (TPSA) is 65.7 Å². The highest BCUT2D eigenvalue weighted by atomic mass is 19.4. The van der Waals surface area contributed by atoms with Crippen molar-refractivity contribution < 1.29 is 22.3 Å². The summed E-state index contributed by atoms with van der Waals surface area (Å²) in [6, 6.07) is 12.1. The SMILES string of the molecule is COc1nc(/C=C/c2nc3n(n2)CCCC3c2ccccc2C(F)(F)F)ccc1-c1ccnc(F)c1. The molecule has 1 aromatic carbocycles. The van der Waals surface area contributed by atoms with E-state index in [1.165, 1.54) is 31.5 Å². The Morgan fingerprint density at radius 1 is 1.06 bits per heavy atom. The Morgan fingerprint density at radius 3 is 2.67 bits per heavy atom. The van der Waals surface area contributed by atoms with Crippen molar-refractivity contribution in [2.24, 2.45) is 0 Å². The van der Waals surface area contributed by atoms with Crippen molar-refractivity contribution in [3.8, 4) is 17.0 Å². The monoisotopic (exact) mass is 495 g/mol. The molecule has 0 spiro atoms. The van der Waals surface area contributed by atoms with Crippen molar-refractivity contribution in [2.75, 3.05) is 7.11 Å². The Morgan fingerprint density at radius 2 is 1.89 bits per heavy atom. The molecule has 0 amide bonds. The Kier molecular flexibility index (Phi) is 6.26. The molecular formula is C26H21F4N5O. The van der Waals surface area contributed by atoms with E-state index in [4.69, 9.17) is 4.74 Å². The number of fused-ring (bicyclic) bond motifs is 1. The minimum absolute atomic E-state index is 0.212. The van der Waals surface area contributed by atoms with Crippen molar-refractivity contribution in [3.05, 3.63) is 89.1 Å². The molecule has 4 aromatic rings. The van der Waals surface area contributed by atoms with E-state index in [2.05, 4.69) is 20.1 Å². The number of alkyl halides is 3. The molecule has 3 aromatic heterocycles. The zero-order chi connectivity index (χ0) is 25.3. The van der Waals surface area contributed by atoms with Gasteiger partial charge in [-0.3, -0.25) is 0 Å². The van der Waals surface area contributed by atoms with Gasteiger partial charge in [0.15, 0.2) is 5.82 Å². The van der Waals surface area contributed by atoms with Gasteiger partial charge in [-0.2, -0.15) is 22.7 Å². The number of rotatable bonds is 5. The zero-order valence-corrected chi connectivity index (χ0v) is 19.2. The molecule has 1 unspecified atom stereocenters. The highest BCUT2D eigenvalue weighted by Crippen LogP contribution is 2.40. The standard InChI is InChI=1S/C26H21F4N5O/c1-36-25-18(16-12-13-31-22(27)15-16)10-8-17(32-25)9-11-23-33-24-20(6-4-14-35(24)34-23)19-5-2-3-7-21(19)26(28,29)30/h2-3,5,7-13,15,20H,4,6,14H2,1H3/b11-9+. The maximum absolute atomic E-state index is 13.6. The van der Waals surface area contributed by atoms with Gasteiger partial charge in [0.1, 0.15) is 5.82 Å². The fourth-order valence-corrected chi connectivity index (χ4v) is 4.45. The first-order valence-electron chi connectivity index (χ1n) is 11.3. The number of halogens is 4. The zero-order valence-electron chi connectivity index (χ0n) is 19.2. The summed E-state index contributed by atoms with van der Waals surface area (Å²) < 4.78 is 61.5. The number of hydrogen-bond acceptors (Lipinski definition) is 5. The normalized spacial score (nSPS) is 15.8. The van der Waals surface area contributed by atoms with E-state index in [9.17, 15) is 17.6 Å². The highest BCUT2D eigenvalue weighted by molar-refractivity contribution is 5.71. The molecule has 1 atom stereocenters. The summed E-state index contributed by atoms with van der Waals surface area (Å²) in [6.07, 6.45) is 1.53. The van der Waals surface area contributed by atoms with Gasteiger partial charge in [0.05, 0.1) is 18.4 Å². The third kappa shape index (κ3) is 4.71. The quantitative estimate of drug-likeness (QED) is 0.251. The van der Waals surface area contributed by atoms with Gasteiger partial charge in [-0.05, 0) is 60.4 Å². The summed E-state index contributed by atoms with van der Waals surface area (Å²) in [5.41, 5.74) is 1.31. The summed E-state index contributed by atoms with van der Waals surface area (Å²) >= 11 is 0. The Labute approximate surface area is 204 Å². The van der Waals surface area contributed by atoms with Crippen LogP contribution in [0.4, 0.5) is 17.6 Å². The molecule has 6 nitrogen and oxygen atoms in total. The average molecular weight is 495 g/mol. The highest BCUT2D eigenvalue weighted by Gasteiger charge is 2.37. The van der Waals surface area contributed by atoms with Gasteiger partial charge in [0, 0.05) is 30.3 Å². The number of nitrogens with zero attached hydrogens (tertiary/aromatic N) is 5. The number of aromatic nitrogens is 5. The second-order valence-electron chi connectivity index (χ2n) is 8.32. The van der Waals surface area contributed by atoms with Crippen molar-refractivity contribution in [2.45, 2.75) is 31.5 Å². The molecule has 0 bridgehead atoms. The molecule has 184 valence electrons. The lowest BCUT2D eigenvalue weighted by Crippen LogP contribution is -2.21. The van der Waals surface area contributed by atoms with Gasteiger partial charge >= 0.3 is 6.18 Å². The van der Waals surface area contributed by atoms with Crippen LogP contribution in [0.3, 0.4) is 0 Å². The summed E-state index contributed by atoms with van der Waals surface area (Å²) in [5, 5.41) is 4.48. The molecule has 4 heterocycles. The number of benzene rings is 1. The third-order valence-corrected chi connectivity index (χ3v) is 6.05. The van der Waals surface area contributed by atoms with Crippen molar-refractivity contribution in [1.82, 2.24) is 24.7 Å². The lowest BCUT2D eigenvalue weighted by atomic mass is 9.88. The van der Waals surface area contributed by atoms with Crippen molar-refractivity contribution >= 4 is 12.2 Å². The fourth-order valence-electron chi connectivity index (χ4n) is 4.45. The Hall–Kier alpha value is -4.08. The molecule has 36 heavy (non-hydrogen) atoms. The molecule has 10 heteroatoms. The van der Waals surface area contributed by atoms with Gasteiger partial charge < -0.3 is 4.74 Å². The molecule has 0 N–H and O–H groups in total. The van der Waals surface area contributed by atoms with E-state index in [-0.39, 0.29) is 5.56 Å². The first kappa shape index (κ1) is 23.7. The van der Waals surface area contributed by atoms with Crippen LogP contribution >= 0.6 is 0 Å². The van der Waals surface area contributed by atoms with Crippen LogP contribution in [0.2, 0.25) is 0 Å². The van der Waals surface area contributed by atoms with E-state index in [1.807, 2.05) is 0 Å². The predicted octanol–water partition coefficient (Wildman–Crippen LogP) is 6.00. The molecule has 1 aliphatic rings. The van der Waals surface area contributed by atoms with Crippen LogP contribution in [-0.2, 0) is 12.7 Å². The molecule has 0 aliphatic carbocycles.